The van der Waals surface area contributed by atoms with E-state index >= 15 is 0 Å². The van der Waals surface area contributed by atoms with E-state index in [1.54, 1.807) is 18.2 Å². The lowest BCUT2D eigenvalue weighted by Crippen LogP contribution is -2.49. The number of hydrogen-bond acceptors (Lipinski definition) is 2. The van der Waals surface area contributed by atoms with E-state index in [9.17, 15) is 8.78 Å². The van der Waals surface area contributed by atoms with E-state index in [0.717, 1.165) is 25.8 Å². The van der Waals surface area contributed by atoms with Gasteiger partial charge in [-0.25, -0.2) is 8.78 Å². The molecule has 23 heavy (non-hydrogen) atoms. The zero-order chi connectivity index (χ0) is 16.9. The molecule has 0 saturated carbocycles. The highest BCUT2D eigenvalue weighted by Gasteiger charge is 2.33. The van der Waals surface area contributed by atoms with Gasteiger partial charge in [0.2, 0.25) is 0 Å². The van der Waals surface area contributed by atoms with Gasteiger partial charge in [0, 0.05) is 12.6 Å². The zero-order valence-corrected chi connectivity index (χ0v) is 15.5. The highest BCUT2D eigenvalue weighted by molar-refractivity contribution is 9.10. The molecule has 1 saturated heterocycles. The fourth-order valence-corrected chi connectivity index (χ4v) is 3.42. The lowest BCUT2D eigenvalue weighted by atomic mass is 9.95. The Labute approximate surface area is 146 Å². The molecular formula is C18H26BrF2NO. The molecule has 0 N–H and O–H groups in total. The SMILES string of the molecule is CCC(F)(CC)CN1CCCCC1COc1cccc(Br)c1F. The Morgan fingerprint density at radius 3 is 2.74 bits per heavy atom. The highest BCUT2D eigenvalue weighted by Crippen LogP contribution is 2.28. The maximum Gasteiger partial charge on any atom is 0.179 e. The minimum absolute atomic E-state index is 0.148. The van der Waals surface area contributed by atoms with Crippen LogP contribution in [0.15, 0.2) is 22.7 Å². The number of nitrogens with zero attached hydrogens (tertiary/aromatic N) is 1. The summed E-state index contributed by atoms with van der Waals surface area (Å²) in [6.07, 6.45) is 4.22. The third-order valence-corrected chi connectivity index (χ3v) is 5.46. The van der Waals surface area contributed by atoms with E-state index in [1.165, 1.54) is 0 Å². The van der Waals surface area contributed by atoms with Gasteiger partial charge in [-0.15, -0.1) is 0 Å². The first-order valence-electron chi connectivity index (χ1n) is 8.49. The van der Waals surface area contributed by atoms with Crippen molar-refractivity contribution in [2.24, 2.45) is 0 Å². The van der Waals surface area contributed by atoms with Gasteiger partial charge >= 0.3 is 0 Å². The van der Waals surface area contributed by atoms with Gasteiger partial charge in [0.25, 0.3) is 0 Å². The predicted molar refractivity (Wildman–Crippen MR) is 93.2 cm³/mol. The molecule has 1 aliphatic rings. The monoisotopic (exact) mass is 389 g/mol. The molecule has 1 aromatic rings. The van der Waals surface area contributed by atoms with Crippen LogP contribution in [0.5, 0.6) is 5.75 Å². The van der Waals surface area contributed by atoms with Crippen molar-refractivity contribution in [1.29, 1.82) is 0 Å². The molecule has 1 fully saturated rings. The molecule has 1 heterocycles. The lowest BCUT2D eigenvalue weighted by Gasteiger charge is -2.39. The van der Waals surface area contributed by atoms with Crippen LogP contribution >= 0.6 is 15.9 Å². The third kappa shape index (κ3) is 4.90. The third-order valence-electron chi connectivity index (χ3n) is 4.85. The molecule has 2 nitrogen and oxygen atoms in total. The molecule has 1 unspecified atom stereocenters. The quantitative estimate of drug-likeness (QED) is 0.622. The standard InChI is InChI=1S/C18H26BrF2NO/c1-3-18(21,4-2)13-22-11-6-5-8-14(22)12-23-16-10-7-9-15(19)17(16)20/h7,9-10,14H,3-6,8,11-13H2,1-2H3. The Kier molecular flexibility index (Phi) is 6.84. The number of hydrogen-bond donors (Lipinski definition) is 0. The Bertz CT molecular complexity index is 508. The maximum atomic E-state index is 14.7. The van der Waals surface area contributed by atoms with E-state index in [1.807, 2.05) is 13.8 Å². The smallest absolute Gasteiger partial charge is 0.179 e. The number of halogens is 3. The first kappa shape index (κ1) is 18.7. The van der Waals surface area contributed by atoms with Crippen molar-refractivity contribution in [3.8, 4) is 5.75 Å². The van der Waals surface area contributed by atoms with E-state index in [0.29, 0.717) is 30.5 Å². The normalized spacial score (nSPS) is 19.8. The average Bonchev–Trinajstić information content (AvgIpc) is 2.57. The van der Waals surface area contributed by atoms with Gasteiger partial charge in [0.1, 0.15) is 12.3 Å². The van der Waals surface area contributed by atoms with Gasteiger partial charge in [-0.3, -0.25) is 4.90 Å². The number of likely N-dealkylation sites (tertiary alicyclic amines) is 1. The number of piperidine rings is 1. The largest absolute Gasteiger partial charge is 0.489 e. The molecule has 0 spiro atoms. The number of ether oxygens (including phenoxy) is 1. The van der Waals surface area contributed by atoms with Crippen molar-refractivity contribution in [3.63, 3.8) is 0 Å². The second-order valence-electron chi connectivity index (χ2n) is 6.34. The van der Waals surface area contributed by atoms with Gasteiger partial charge in [-0.05, 0) is 60.3 Å². The van der Waals surface area contributed by atoms with Crippen molar-refractivity contribution in [3.05, 3.63) is 28.5 Å². The van der Waals surface area contributed by atoms with Gasteiger partial charge in [-0.1, -0.05) is 26.3 Å². The minimum atomic E-state index is -1.14. The summed E-state index contributed by atoms with van der Waals surface area (Å²) in [5.74, 6) is -0.126. The molecule has 0 radical (unpaired) electrons. The van der Waals surface area contributed by atoms with Gasteiger partial charge in [-0.2, -0.15) is 0 Å². The summed E-state index contributed by atoms with van der Waals surface area (Å²) in [6, 6.07) is 5.18. The Balaban J connectivity index is 2.00. The zero-order valence-electron chi connectivity index (χ0n) is 14.0. The lowest BCUT2D eigenvalue weighted by molar-refractivity contribution is 0.0267. The summed E-state index contributed by atoms with van der Waals surface area (Å²) >= 11 is 3.17. The fraction of sp³-hybridized carbons (Fsp3) is 0.667. The average molecular weight is 390 g/mol. The van der Waals surface area contributed by atoms with E-state index in [4.69, 9.17) is 4.74 Å². The summed E-state index contributed by atoms with van der Waals surface area (Å²) in [7, 11) is 0. The van der Waals surface area contributed by atoms with Crippen LogP contribution in [-0.4, -0.2) is 36.3 Å². The van der Waals surface area contributed by atoms with Crippen LogP contribution in [0, 0.1) is 5.82 Å². The number of alkyl halides is 1. The van der Waals surface area contributed by atoms with Gasteiger partial charge in [0.05, 0.1) is 4.47 Å². The Morgan fingerprint density at radius 2 is 2.04 bits per heavy atom. The van der Waals surface area contributed by atoms with E-state index in [2.05, 4.69) is 20.8 Å². The molecule has 0 bridgehead atoms. The van der Waals surface area contributed by atoms with Crippen molar-refractivity contribution in [1.82, 2.24) is 4.90 Å². The van der Waals surface area contributed by atoms with Gasteiger partial charge in [0.15, 0.2) is 11.6 Å². The Morgan fingerprint density at radius 1 is 1.30 bits per heavy atom. The van der Waals surface area contributed by atoms with Crippen molar-refractivity contribution in [2.75, 3.05) is 19.7 Å². The predicted octanol–water partition coefficient (Wildman–Crippen LogP) is 5.35. The molecule has 0 amide bonds. The van der Waals surface area contributed by atoms with Crippen LogP contribution in [0.2, 0.25) is 0 Å². The summed E-state index contributed by atoms with van der Waals surface area (Å²) in [6.45, 7) is 5.53. The summed E-state index contributed by atoms with van der Waals surface area (Å²) < 4.78 is 34.8. The van der Waals surface area contributed by atoms with Crippen molar-refractivity contribution >= 4 is 15.9 Å². The van der Waals surface area contributed by atoms with Crippen molar-refractivity contribution in [2.45, 2.75) is 57.7 Å². The van der Waals surface area contributed by atoms with Crippen LogP contribution in [0.25, 0.3) is 0 Å². The molecule has 2 rings (SSSR count). The molecular weight excluding hydrogens is 364 g/mol. The van der Waals surface area contributed by atoms with Crippen LogP contribution < -0.4 is 4.74 Å². The molecule has 130 valence electrons. The van der Waals surface area contributed by atoms with Crippen LogP contribution in [0.1, 0.15) is 46.0 Å². The second kappa shape index (κ2) is 8.43. The van der Waals surface area contributed by atoms with Crippen LogP contribution in [-0.2, 0) is 0 Å². The Hall–Kier alpha value is -0.680. The van der Waals surface area contributed by atoms with Crippen LogP contribution in [0.3, 0.4) is 0 Å². The molecule has 0 aromatic heterocycles. The summed E-state index contributed by atoms with van der Waals surface area (Å²) in [5.41, 5.74) is -1.14. The van der Waals surface area contributed by atoms with E-state index < -0.39 is 5.67 Å². The molecule has 1 aromatic carbocycles. The van der Waals surface area contributed by atoms with Crippen LogP contribution in [0.4, 0.5) is 8.78 Å². The van der Waals surface area contributed by atoms with Crippen molar-refractivity contribution < 1.29 is 13.5 Å². The topological polar surface area (TPSA) is 12.5 Å². The molecule has 0 aliphatic carbocycles. The number of benzene rings is 1. The highest BCUT2D eigenvalue weighted by atomic mass is 79.9. The summed E-state index contributed by atoms with van der Waals surface area (Å²) in [4.78, 5) is 2.19. The first-order chi connectivity index (χ1) is 11.0. The molecule has 1 aliphatic heterocycles. The molecule has 5 heteroatoms. The van der Waals surface area contributed by atoms with E-state index in [-0.39, 0.29) is 17.6 Å². The second-order valence-corrected chi connectivity index (χ2v) is 7.20. The minimum Gasteiger partial charge on any atom is -0.489 e. The summed E-state index contributed by atoms with van der Waals surface area (Å²) in [5, 5.41) is 0. The molecule has 1 atom stereocenters. The fourth-order valence-electron chi connectivity index (χ4n) is 3.08. The van der Waals surface area contributed by atoms with Gasteiger partial charge < -0.3 is 4.74 Å². The maximum absolute atomic E-state index is 14.7. The first-order valence-corrected chi connectivity index (χ1v) is 9.28. The number of rotatable bonds is 7.